The molecule has 0 saturated heterocycles. The topological polar surface area (TPSA) is 55.4 Å². The highest BCUT2D eigenvalue weighted by molar-refractivity contribution is 6.61. The minimum Gasteiger partial charge on any atom is -0.374 e. The molecule has 0 aliphatic rings. The summed E-state index contributed by atoms with van der Waals surface area (Å²) in [6.07, 6.45) is 12.6. The van der Waals surface area contributed by atoms with Gasteiger partial charge in [0.05, 0.1) is 0 Å². The molecule has 0 amide bonds. The van der Waals surface area contributed by atoms with Crippen molar-refractivity contribution in [1.29, 1.82) is 0 Å². The van der Waals surface area contributed by atoms with Crippen molar-refractivity contribution in [3.63, 3.8) is 0 Å². The maximum absolute atomic E-state index is 5.94. The van der Waals surface area contributed by atoms with Gasteiger partial charge in [0.2, 0.25) is 0 Å². The van der Waals surface area contributed by atoms with E-state index in [-0.39, 0.29) is 0 Å². The van der Waals surface area contributed by atoms with E-state index in [1.54, 1.807) is 0 Å². The second kappa shape index (κ2) is 21.7. The molecule has 0 bridgehead atoms. The predicted molar refractivity (Wildman–Crippen MR) is 137 cm³/mol. The van der Waals surface area contributed by atoms with Crippen LogP contribution < -0.4 is 0 Å². The monoisotopic (exact) mass is 494 g/mol. The van der Waals surface area contributed by atoms with Crippen LogP contribution in [0.4, 0.5) is 0 Å². The quantitative estimate of drug-likeness (QED) is 0.101. The fraction of sp³-hybridized carbons (Fsp3) is 1.00. The van der Waals surface area contributed by atoms with Crippen molar-refractivity contribution < 1.29 is 26.6 Å². The molecule has 32 heavy (non-hydrogen) atoms. The summed E-state index contributed by atoms with van der Waals surface area (Å²) in [7, 11) is -4.89. The minimum atomic E-state index is -2.44. The summed E-state index contributed by atoms with van der Waals surface area (Å²) in [5.74, 6) is 0. The Kier molecular flexibility index (Phi) is 21.8. The highest BCUT2D eigenvalue weighted by Crippen LogP contribution is 2.22. The average Bonchev–Trinajstić information content (AvgIpc) is 2.76. The zero-order valence-electron chi connectivity index (χ0n) is 22.2. The predicted octanol–water partition coefficient (Wildman–Crippen LogP) is 6.98. The largest absolute Gasteiger partial charge is 0.500 e. The average molecular weight is 495 g/mol. The Labute approximate surface area is 201 Å². The molecule has 0 unspecified atom stereocenters. The molecule has 0 aliphatic heterocycles. The van der Waals surface area contributed by atoms with Crippen LogP contribution >= 0.6 is 0 Å². The van der Waals surface area contributed by atoms with E-state index in [1.807, 2.05) is 41.5 Å². The van der Waals surface area contributed by atoms with Crippen molar-refractivity contribution in [1.82, 2.24) is 0 Å². The molecule has 6 nitrogen and oxygen atoms in total. The Morgan fingerprint density at radius 2 is 0.500 bits per heavy atom. The van der Waals surface area contributed by atoms with Gasteiger partial charge in [-0.3, -0.25) is 0 Å². The van der Waals surface area contributed by atoms with Gasteiger partial charge in [0.15, 0.2) is 0 Å². The van der Waals surface area contributed by atoms with Gasteiger partial charge >= 0.3 is 17.6 Å². The maximum Gasteiger partial charge on any atom is 0.500 e. The molecule has 0 aromatic rings. The zero-order chi connectivity index (χ0) is 24.0. The Morgan fingerprint density at radius 1 is 0.312 bits per heavy atom. The number of hydrogen-bond acceptors (Lipinski definition) is 6. The normalized spacial score (nSPS) is 12.6. The van der Waals surface area contributed by atoms with Crippen LogP contribution in [0.15, 0.2) is 0 Å². The van der Waals surface area contributed by atoms with Gasteiger partial charge in [0.1, 0.15) is 0 Å². The lowest BCUT2D eigenvalue weighted by molar-refractivity contribution is 0.0698. The minimum absolute atomic E-state index is 0.665. The van der Waals surface area contributed by atoms with Gasteiger partial charge in [-0.15, -0.1) is 0 Å². The van der Waals surface area contributed by atoms with E-state index in [0.717, 1.165) is 24.9 Å². The van der Waals surface area contributed by atoms with E-state index in [0.29, 0.717) is 39.6 Å². The molecule has 0 N–H and O–H groups in total. The summed E-state index contributed by atoms with van der Waals surface area (Å²) in [5.41, 5.74) is 0. The first-order valence-electron chi connectivity index (χ1n) is 13.4. The van der Waals surface area contributed by atoms with Crippen molar-refractivity contribution in [3.05, 3.63) is 0 Å². The SMILES string of the molecule is CCO[Si](CCCCCCCCCCCC[Si](OCC)(OCC)OCC)(OCC)OCC. The van der Waals surface area contributed by atoms with Crippen molar-refractivity contribution in [3.8, 4) is 0 Å². The molecule has 0 aromatic carbocycles. The highest BCUT2D eigenvalue weighted by Gasteiger charge is 2.40. The summed E-state index contributed by atoms with van der Waals surface area (Å²) in [4.78, 5) is 0. The van der Waals surface area contributed by atoms with Crippen LogP contribution in [0.2, 0.25) is 12.1 Å². The van der Waals surface area contributed by atoms with E-state index in [2.05, 4.69) is 0 Å². The van der Waals surface area contributed by atoms with Crippen molar-refractivity contribution >= 4 is 17.6 Å². The van der Waals surface area contributed by atoms with Gasteiger partial charge in [-0.05, 0) is 54.4 Å². The lowest BCUT2D eigenvalue weighted by atomic mass is 10.1. The second-order valence-electron chi connectivity index (χ2n) is 8.00. The first-order chi connectivity index (χ1) is 15.6. The van der Waals surface area contributed by atoms with Crippen molar-refractivity contribution in [2.24, 2.45) is 0 Å². The smallest absolute Gasteiger partial charge is 0.374 e. The van der Waals surface area contributed by atoms with Crippen LogP contribution in [0.1, 0.15) is 106 Å². The molecule has 0 saturated carbocycles. The lowest BCUT2D eigenvalue weighted by Gasteiger charge is -2.28. The molecule has 0 rings (SSSR count). The molecule has 0 fully saturated rings. The highest BCUT2D eigenvalue weighted by atomic mass is 28.4. The van der Waals surface area contributed by atoms with Crippen molar-refractivity contribution in [2.75, 3.05) is 39.6 Å². The third-order valence-electron chi connectivity index (χ3n) is 5.40. The van der Waals surface area contributed by atoms with Crippen molar-refractivity contribution in [2.45, 2.75) is 118 Å². The van der Waals surface area contributed by atoms with Gasteiger partial charge in [0.25, 0.3) is 0 Å². The lowest BCUT2D eigenvalue weighted by Crippen LogP contribution is -2.45. The third-order valence-corrected chi connectivity index (χ3v) is 11.7. The summed E-state index contributed by atoms with van der Waals surface area (Å²) >= 11 is 0. The van der Waals surface area contributed by atoms with Crippen LogP contribution in [-0.4, -0.2) is 57.3 Å². The van der Waals surface area contributed by atoms with Gasteiger partial charge in [0, 0.05) is 51.7 Å². The molecule has 194 valence electrons. The molecule has 0 atom stereocenters. The number of hydrogen-bond donors (Lipinski definition) is 0. The molecule has 0 aliphatic carbocycles. The zero-order valence-corrected chi connectivity index (χ0v) is 24.2. The molecule has 0 aromatic heterocycles. The van der Waals surface area contributed by atoms with E-state index < -0.39 is 17.6 Å². The molecule has 0 spiro atoms. The molecule has 0 heterocycles. The van der Waals surface area contributed by atoms with Crippen LogP contribution in [0, 0.1) is 0 Å². The van der Waals surface area contributed by atoms with E-state index in [9.17, 15) is 0 Å². The third kappa shape index (κ3) is 15.2. The first kappa shape index (κ1) is 32.2. The van der Waals surface area contributed by atoms with Crippen LogP contribution in [0.3, 0.4) is 0 Å². The van der Waals surface area contributed by atoms with Crippen LogP contribution in [0.25, 0.3) is 0 Å². The Balaban J connectivity index is 3.85. The van der Waals surface area contributed by atoms with Gasteiger partial charge in [-0.2, -0.15) is 0 Å². The van der Waals surface area contributed by atoms with Gasteiger partial charge < -0.3 is 26.6 Å². The molecular formula is C24H54O6Si2. The standard InChI is InChI=1S/C24H54O6Si2/c1-7-25-31(26-8-2,27-9-3)23-21-19-17-15-13-14-16-18-20-22-24-32(28-10-4,29-11-5)30-12-6/h7-24H2,1-6H3. The fourth-order valence-electron chi connectivity index (χ4n) is 4.10. The molecular weight excluding hydrogens is 440 g/mol. The first-order valence-corrected chi connectivity index (χ1v) is 17.3. The number of unbranched alkanes of at least 4 members (excludes halogenated alkanes) is 9. The van der Waals surface area contributed by atoms with Gasteiger partial charge in [-0.25, -0.2) is 0 Å². The number of rotatable bonds is 25. The Bertz CT molecular complexity index is 331. The van der Waals surface area contributed by atoms with Gasteiger partial charge in [-0.1, -0.05) is 51.4 Å². The molecule has 8 heteroatoms. The Hall–Kier alpha value is 0.194. The van der Waals surface area contributed by atoms with E-state index in [1.165, 1.54) is 51.4 Å². The molecule has 0 radical (unpaired) electrons. The maximum atomic E-state index is 5.94. The summed E-state index contributed by atoms with van der Waals surface area (Å²) in [5, 5.41) is 0. The fourth-order valence-corrected chi connectivity index (χ4v) is 9.47. The second-order valence-corrected chi connectivity index (χ2v) is 13.5. The Morgan fingerprint density at radius 3 is 0.688 bits per heavy atom. The summed E-state index contributed by atoms with van der Waals surface area (Å²) in [6, 6.07) is 1.89. The van der Waals surface area contributed by atoms with E-state index in [4.69, 9.17) is 26.6 Å². The summed E-state index contributed by atoms with van der Waals surface area (Å²) in [6.45, 7) is 16.1. The van der Waals surface area contributed by atoms with Crippen LogP contribution in [0.5, 0.6) is 0 Å². The summed E-state index contributed by atoms with van der Waals surface area (Å²) < 4.78 is 35.6. The van der Waals surface area contributed by atoms with Crippen LogP contribution in [-0.2, 0) is 26.6 Å². The van der Waals surface area contributed by atoms with E-state index >= 15 is 0 Å².